The molecule has 2 rings (SSSR count). The fourth-order valence-corrected chi connectivity index (χ4v) is 2.22. The summed E-state index contributed by atoms with van der Waals surface area (Å²) in [6.45, 7) is 0. The average molecular weight is 349 g/mol. The number of rotatable bonds is 5. The van der Waals surface area contributed by atoms with Gasteiger partial charge in [-0.2, -0.15) is 5.10 Å². The van der Waals surface area contributed by atoms with Crippen LogP contribution in [0, 0.1) is 0 Å². The van der Waals surface area contributed by atoms with Gasteiger partial charge in [0.25, 0.3) is 0 Å². The van der Waals surface area contributed by atoms with Crippen LogP contribution in [0.1, 0.15) is 15.9 Å². The first-order chi connectivity index (χ1) is 10.1. The lowest BCUT2D eigenvalue weighted by Crippen LogP contribution is -1.97. The van der Waals surface area contributed by atoms with Crippen LogP contribution < -0.4 is 10.2 Å². The zero-order valence-corrected chi connectivity index (χ0v) is 12.8. The molecule has 5 nitrogen and oxygen atoms in total. The van der Waals surface area contributed by atoms with E-state index in [2.05, 4.69) is 26.5 Å². The van der Waals surface area contributed by atoms with Crippen LogP contribution in [0.25, 0.3) is 0 Å². The number of methoxy groups -OCH3 is 1. The molecule has 0 saturated heterocycles. The van der Waals surface area contributed by atoms with Gasteiger partial charge in [-0.3, -0.25) is 5.43 Å². The molecule has 0 radical (unpaired) electrons. The molecular formula is C15H13BrN2O3. The molecule has 0 spiro atoms. The van der Waals surface area contributed by atoms with E-state index < -0.39 is 5.97 Å². The summed E-state index contributed by atoms with van der Waals surface area (Å²) in [4.78, 5) is 10.9. The molecule has 21 heavy (non-hydrogen) atoms. The summed E-state index contributed by atoms with van der Waals surface area (Å²) in [5, 5.41) is 13.0. The molecule has 0 fully saturated rings. The third-order valence-corrected chi connectivity index (χ3v) is 3.31. The highest BCUT2D eigenvalue weighted by atomic mass is 79.9. The number of benzene rings is 2. The highest BCUT2D eigenvalue weighted by molar-refractivity contribution is 9.10. The Morgan fingerprint density at radius 2 is 2.14 bits per heavy atom. The minimum Gasteiger partial charge on any atom is -0.496 e. The summed E-state index contributed by atoms with van der Waals surface area (Å²) in [5.74, 6) is -0.226. The molecule has 2 aromatic carbocycles. The number of carbonyl (C=O) groups is 1. The fourth-order valence-electron chi connectivity index (χ4n) is 1.67. The van der Waals surface area contributed by atoms with Gasteiger partial charge in [-0.1, -0.05) is 6.07 Å². The molecule has 0 saturated carbocycles. The number of ether oxygens (including phenoxy) is 1. The maximum Gasteiger partial charge on any atom is 0.335 e. The van der Waals surface area contributed by atoms with Gasteiger partial charge in [0.05, 0.1) is 29.0 Å². The second-order valence-electron chi connectivity index (χ2n) is 4.15. The lowest BCUT2D eigenvalue weighted by Gasteiger charge is -2.04. The Balaban J connectivity index is 2.07. The molecule has 108 valence electrons. The van der Waals surface area contributed by atoms with E-state index in [1.165, 1.54) is 12.1 Å². The van der Waals surface area contributed by atoms with Crippen molar-refractivity contribution in [2.75, 3.05) is 12.5 Å². The summed E-state index contributed by atoms with van der Waals surface area (Å²) in [6, 6.07) is 12.0. The van der Waals surface area contributed by atoms with Crippen molar-refractivity contribution in [3.8, 4) is 5.75 Å². The summed E-state index contributed by atoms with van der Waals surface area (Å²) < 4.78 is 5.98. The summed E-state index contributed by atoms with van der Waals surface area (Å²) >= 11 is 3.40. The quantitative estimate of drug-likeness (QED) is 0.639. The highest BCUT2D eigenvalue weighted by Crippen LogP contribution is 2.24. The van der Waals surface area contributed by atoms with Crippen LogP contribution in [0.3, 0.4) is 0 Å². The third-order valence-electron chi connectivity index (χ3n) is 2.69. The fraction of sp³-hybridized carbons (Fsp3) is 0.0667. The first-order valence-electron chi connectivity index (χ1n) is 6.06. The van der Waals surface area contributed by atoms with Gasteiger partial charge in [0.1, 0.15) is 5.75 Å². The molecule has 0 aliphatic heterocycles. The van der Waals surface area contributed by atoms with Crippen molar-refractivity contribution < 1.29 is 14.6 Å². The third kappa shape index (κ3) is 4.06. The van der Waals surface area contributed by atoms with Crippen LogP contribution in [0.2, 0.25) is 0 Å². The molecule has 0 heterocycles. The van der Waals surface area contributed by atoms with Gasteiger partial charge in [-0.25, -0.2) is 4.79 Å². The molecule has 0 aliphatic rings. The number of anilines is 1. The molecule has 0 unspecified atom stereocenters. The van der Waals surface area contributed by atoms with E-state index in [-0.39, 0.29) is 5.56 Å². The van der Waals surface area contributed by atoms with Gasteiger partial charge >= 0.3 is 5.97 Å². The molecule has 2 aromatic rings. The number of hydrazone groups is 1. The van der Waals surface area contributed by atoms with Crippen molar-refractivity contribution in [1.29, 1.82) is 0 Å². The molecule has 0 aromatic heterocycles. The van der Waals surface area contributed by atoms with Crippen LogP contribution >= 0.6 is 15.9 Å². The van der Waals surface area contributed by atoms with Gasteiger partial charge in [0.2, 0.25) is 0 Å². The van der Waals surface area contributed by atoms with Crippen LogP contribution in [0.4, 0.5) is 5.69 Å². The van der Waals surface area contributed by atoms with Crippen molar-refractivity contribution in [1.82, 2.24) is 0 Å². The lowest BCUT2D eigenvalue weighted by molar-refractivity contribution is 0.0697. The van der Waals surface area contributed by atoms with E-state index in [1.54, 1.807) is 25.5 Å². The monoisotopic (exact) mass is 348 g/mol. The zero-order valence-electron chi connectivity index (χ0n) is 11.2. The smallest absolute Gasteiger partial charge is 0.335 e. The Hall–Kier alpha value is -2.34. The normalized spacial score (nSPS) is 10.6. The van der Waals surface area contributed by atoms with Crippen molar-refractivity contribution in [3.63, 3.8) is 0 Å². The molecule has 0 bridgehead atoms. The number of carboxylic acid groups (broad SMARTS) is 1. The van der Waals surface area contributed by atoms with E-state index in [0.717, 1.165) is 15.8 Å². The maximum absolute atomic E-state index is 10.9. The highest BCUT2D eigenvalue weighted by Gasteiger charge is 2.02. The Morgan fingerprint density at radius 3 is 2.81 bits per heavy atom. The molecule has 6 heteroatoms. The molecule has 0 atom stereocenters. The number of hydrogen-bond acceptors (Lipinski definition) is 4. The number of carboxylic acids is 1. The lowest BCUT2D eigenvalue weighted by atomic mass is 10.2. The Morgan fingerprint density at radius 1 is 1.33 bits per heavy atom. The predicted octanol–water partition coefficient (Wildman–Crippen LogP) is 3.60. The predicted molar refractivity (Wildman–Crippen MR) is 85.3 cm³/mol. The van der Waals surface area contributed by atoms with Gasteiger partial charge in [0.15, 0.2) is 0 Å². The van der Waals surface area contributed by atoms with Crippen LogP contribution in [0.15, 0.2) is 52.0 Å². The van der Waals surface area contributed by atoms with Crippen LogP contribution in [0.5, 0.6) is 5.75 Å². The minimum absolute atomic E-state index is 0.211. The Labute approximate surface area is 130 Å². The Bertz CT molecular complexity index is 686. The number of halogens is 1. The zero-order chi connectivity index (χ0) is 15.2. The molecule has 0 amide bonds. The summed E-state index contributed by atoms with van der Waals surface area (Å²) in [5.41, 5.74) is 4.50. The summed E-state index contributed by atoms with van der Waals surface area (Å²) in [7, 11) is 1.60. The van der Waals surface area contributed by atoms with Crippen molar-refractivity contribution >= 4 is 33.8 Å². The average Bonchev–Trinajstić information content (AvgIpc) is 2.48. The topological polar surface area (TPSA) is 70.9 Å². The largest absolute Gasteiger partial charge is 0.496 e. The van der Waals surface area contributed by atoms with E-state index >= 15 is 0 Å². The minimum atomic E-state index is -0.971. The first-order valence-corrected chi connectivity index (χ1v) is 6.85. The van der Waals surface area contributed by atoms with E-state index in [0.29, 0.717) is 5.69 Å². The number of nitrogens with zero attached hydrogens (tertiary/aromatic N) is 1. The van der Waals surface area contributed by atoms with E-state index in [4.69, 9.17) is 9.84 Å². The molecule has 2 N–H and O–H groups in total. The number of hydrogen-bond donors (Lipinski definition) is 2. The number of aromatic carboxylic acids is 1. The van der Waals surface area contributed by atoms with Gasteiger partial charge in [-0.05, 0) is 57.9 Å². The maximum atomic E-state index is 10.9. The van der Waals surface area contributed by atoms with E-state index in [9.17, 15) is 4.79 Å². The second-order valence-corrected chi connectivity index (χ2v) is 5.00. The van der Waals surface area contributed by atoms with Crippen molar-refractivity contribution in [2.45, 2.75) is 0 Å². The van der Waals surface area contributed by atoms with Crippen LogP contribution in [-0.4, -0.2) is 24.4 Å². The SMILES string of the molecule is COc1ccc(/C=N/Nc2cccc(C(=O)O)c2)cc1Br. The standard InChI is InChI=1S/C15H13BrN2O3/c1-21-14-6-5-10(7-13(14)16)9-17-18-12-4-2-3-11(8-12)15(19)20/h2-9,18H,1H3,(H,19,20)/b17-9+. The van der Waals surface area contributed by atoms with Gasteiger partial charge in [-0.15, -0.1) is 0 Å². The van der Waals surface area contributed by atoms with Gasteiger partial charge < -0.3 is 9.84 Å². The molecular weight excluding hydrogens is 336 g/mol. The van der Waals surface area contributed by atoms with E-state index in [1.807, 2.05) is 18.2 Å². The van der Waals surface area contributed by atoms with Crippen molar-refractivity contribution in [3.05, 3.63) is 58.1 Å². The first kappa shape index (κ1) is 15.1. The van der Waals surface area contributed by atoms with Crippen molar-refractivity contribution in [2.24, 2.45) is 5.10 Å². The number of nitrogens with one attached hydrogen (secondary N) is 1. The Kier molecular flexibility index (Phi) is 4.94. The summed E-state index contributed by atoms with van der Waals surface area (Å²) in [6.07, 6.45) is 1.64. The molecule has 0 aliphatic carbocycles. The second kappa shape index (κ2) is 6.90. The van der Waals surface area contributed by atoms with Gasteiger partial charge in [0, 0.05) is 0 Å². The van der Waals surface area contributed by atoms with Crippen LogP contribution in [-0.2, 0) is 0 Å².